The fourth-order valence-corrected chi connectivity index (χ4v) is 1.77. The van der Waals surface area contributed by atoms with Gasteiger partial charge in [0.25, 0.3) is 0 Å². The molecule has 2 aromatic heterocycles. The van der Waals surface area contributed by atoms with Crippen LogP contribution in [0.4, 0.5) is 5.82 Å². The van der Waals surface area contributed by atoms with E-state index >= 15 is 0 Å². The fourth-order valence-electron chi connectivity index (χ4n) is 1.77. The van der Waals surface area contributed by atoms with Crippen molar-refractivity contribution in [1.29, 1.82) is 0 Å². The molecule has 0 aliphatic heterocycles. The largest absolute Gasteiger partial charge is 0.370 e. The van der Waals surface area contributed by atoms with Gasteiger partial charge < -0.3 is 11.1 Å². The van der Waals surface area contributed by atoms with Gasteiger partial charge in [0, 0.05) is 18.4 Å². The van der Waals surface area contributed by atoms with Crippen LogP contribution >= 0.6 is 0 Å². The van der Waals surface area contributed by atoms with E-state index in [4.69, 9.17) is 5.73 Å². The van der Waals surface area contributed by atoms with Crippen LogP contribution in [0.15, 0.2) is 24.5 Å². The standard InChI is InChI=1S/C13H17N5O/c1-9-10(8-17-18-9)3-2-6-15-12-5-4-11(7-16-12)13(14)19/h4-5,7-8H,2-3,6H2,1H3,(H2,14,19)(H,15,16)(H,17,18). The summed E-state index contributed by atoms with van der Waals surface area (Å²) in [6.07, 6.45) is 5.29. The summed E-state index contributed by atoms with van der Waals surface area (Å²) in [6.45, 7) is 2.83. The van der Waals surface area contributed by atoms with Crippen molar-refractivity contribution >= 4 is 11.7 Å². The lowest BCUT2D eigenvalue weighted by Gasteiger charge is -2.05. The Labute approximate surface area is 111 Å². The highest BCUT2D eigenvalue weighted by Gasteiger charge is 2.02. The van der Waals surface area contributed by atoms with Gasteiger partial charge in [0.05, 0.1) is 11.8 Å². The first-order valence-corrected chi connectivity index (χ1v) is 6.15. The van der Waals surface area contributed by atoms with E-state index in [0.29, 0.717) is 5.56 Å². The Morgan fingerprint density at radius 3 is 2.84 bits per heavy atom. The van der Waals surface area contributed by atoms with Crippen molar-refractivity contribution in [3.63, 3.8) is 0 Å². The number of aromatic amines is 1. The summed E-state index contributed by atoms with van der Waals surface area (Å²) in [5.41, 5.74) is 7.91. The smallest absolute Gasteiger partial charge is 0.250 e. The van der Waals surface area contributed by atoms with Crippen molar-refractivity contribution in [2.45, 2.75) is 19.8 Å². The predicted octanol–water partition coefficient (Wildman–Crippen LogP) is 1.26. The van der Waals surface area contributed by atoms with Gasteiger partial charge >= 0.3 is 0 Å². The van der Waals surface area contributed by atoms with E-state index in [1.165, 1.54) is 11.8 Å². The molecule has 2 heterocycles. The van der Waals surface area contributed by atoms with E-state index in [-0.39, 0.29) is 0 Å². The molecule has 4 N–H and O–H groups in total. The zero-order valence-corrected chi connectivity index (χ0v) is 10.8. The van der Waals surface area contributed by atoms with E-state index < -0.39 is 5.91 Å². The highest BCUT2D eigenvalue weighted by atomic mass is 16.1. The molecule has 0 aliphatic carbocycles. The molecule has 100 valence electrons. The summed E-state index contributed by atoms with van der Waals surface area (Å²) in [6, 6.07) is 3.42. The number of hydrogen-bond donors (Lipinski definition) is 3. The summed E-state index contributed by atoms with van der Waals surface area (Å²) in [7, 11) is 0. The first-order valence-electron chi connectivity index (χ1n) is 6.15. The van der Waals surface area contributed by atoms with Crippen LogP contribution in [0.1, 0.15) is 28.0 Å². The Balaban J connectivity index is 1.76. The van der Waals surface area contributed by atoms with Crippen molar-refractivity contribution < 1.29 is 4.79 Å². The van der Waals surface area contributed by atoms with Crippen LogP contribution in [0.25, 0.3) is 0 Å². The number of carbonyl (C=O) groups is 1. The lowest BCUT2D eigenvalue weighted by atomic mass is 10.1. The summed E-state index contributed by atoms with van der Waals surface area (Å²) in [5.74, 6) is 0.281. The predicted molar refractivity (Wildman–Crippen MR) is 72.9 cm³/mol. The number of anilines is 1. The zero-order valence-electron chi connectivity index (χ0n) is 10.8. The first kappa shape index (κ1) is 13.1. The molecule has 19 heavy (non-hydrogen) atoms. The Morgan fingerprint density at radius 1 is 1.42 bits per heavy atom. The van der Waals surface area contributed by atoms with E-state index in [0.717, 1.165) is 30.9 Å². The maximum Gasteiger partial charge on any atom is 0.250 e. The number of primary amides is 1. The molecule has 6 heteroatoms. The number of nitrogens with two attached hydrogens (primary N) is 1. The monoisotopic (exact) mass is 259 g/mol. The van der Waals surface area contributed by atoms with Crippen LogP contribution in [0.2, 0.25) is 0 Å². The molecule has 0 spiro atoms. The average Bonchev–Trinajstić information content (AvgIpc) is 2.81. The number of hydrogen-bond acceptors (Lipinski definition) is 4. The molecule has 0 saturated carbocycles. The second kappa shape index (κ2) is 5.99. The van der Waals surface area contributed by atoms with E-state index in [1.807, 2.05) is 13.1 Å². The third kappa shape index (κ3) is 3.54. The zero-order chi connectivity index (χ0) is 13.7. The Hall–Kier alpha value is -2.37. The third-order valence-corrected chi connectivity index (χ3v) is 2.91. The third-order valence-electron chi connectivity index (χ3n) is 2.91. The molecule has 0 bridgehead atoms. The Kier molecular flexibility index (Phi) is 4.12. The van der Waals surface area contributed by atoms with Crippen LogP contribution in [-0.4, -0.2) is 27.6 Å². The normalized spacial score (nSPS) is 10.4. The maximum absolute atomic E-state index is 10.9. The van der Waals surface area contributed by atoms with Crippen LogP contribution in [0, 0.1) is 6.92 Å². The molecule has 0 fully saturated rings. The summed E-state index contributed by atoms with van der Waals surface area (Å²) >= 11 is 0. The van der Waals surface area contributed by atoms with Crippen molar-refractivity contribution in [2.75, 3.05) is 11.9 Å². The van der Waals surface area contributed by atoms with Crippen molar-refractivity contribution in [3.8, 4) is 0 Å². The summed E-state index contributed by atoms with van der Waals surface area (Å²) in [4.78, 5) is 15.0. The molecule has 0 unspecified atom stereocenters. The summed E-state index contributed by atoms with van der Waals surface area (Å²) in [5, 5.41) is 10.1. The van der Waals surface area contributed by atoms with Crippen LogP contribution in [0.3, 0.4) is 0 Å². The Bertz CT molecular complexity index is 546. The van der Waals surface area contributed by atoms with Gasteiger partial charge in [-0.25, -0.2) is 4.98 Å². The minimum Gasteiger partial charge on any atom is -0.370 e. The van der Waals surface area contributed by atoms with Gasteiger partial charge in [-0.3, -0.25) is 9.89 Å². The molecular weight excluding hydrogens is 242 g/mol. The van der Waals surface area contributed by atoms with E-state index in [2.05, 4.69) is 20.5 Å². The van der Waals surface area contributed by atoms with Crippen molar-refractivity contribution in [3.05, 3.63) is 41.3 Å². The number of nitrogens with one attached hydrogen (secondary N) is 2. The quantitative estimate of drug-likeness (QED) is 0.680. The van der Waals surface area contributed by atoms with E-state index in [9.17, 15) is 4.79 Å². The topological polar surface area (TPSA) is 96.7 Å². The number of aromatic nitrogens is 3. The Morgan fingerprint density at radius 2 is 2.26 bits per heavy atom. The van der Waals surface area contributed by atoms with Crippen molar-refractivity contribution in [2.24, 2.45) is 5.73 Å². The fraction of sp³-hybridized carbons (Fsp3) is 0.308. The summed E-state index contributed by atoms with van der Waals surface area (Å²) < 4.78 is 0. The number of aryl methyl sites for hydroxylation is 2. The number of H-pyrrole nitrogens is 1. The molecule has 0 saturated heterocycles. The van der Waals surface area contributed by atoms with Gasteiger partial charge in [-0.2, -0.15) is 5.10 Å². The van der Waals surface area contributed by atoms with E-state index in [1.54, 1.807) is 12.1 Å². The average molecular weight is 259 g/mol. The second-order valence-electron chi connectivity index (χ2n) is 4.35. The molecule has 1 amide bonds. The van der Waals surface area contributed by atoms with Crippen molar-refractivity contribution in [1.82, 2.24) is 15.2 Å². The molecule has 0 atom stereocenters. The minimum atomic E-state index is -0.463. The molecule has 0 radical (unpaired) electrons. The van der Waals surface area contributed by atoms with Gasteiger partial charge in [0.2, 0.25) is 5.91 Å². The van der Waals surface area contributed by atoms with Gasteiger partial charge in [-0.05, 0) is 37.5 Å². The number of carbonyl (C=O) groups excluding carboxylic acids is 1. The molecule has 2 rings (SSSR count). The minimum absolute atomic E-state index is 0.416. The lowest BCUT2D eigenvalue weighted by molar-refractivity contribution is 0.1000. The number of rotatable bonds is 6. The SMILES string of the molecule is Cc1[nH]ncc1CCCNc1ccc(C(N)=O)cn1. The van der Waals surface area contributed by atoms with Gasteiger partial charge in [0.15, 0.2) is 0 Å². The molecular formula is C13H17N5O. The number of amides is 1. The van der Waals surface area contributed by atoms with Gasteiger partial charge in [0.1, 0.15) is 5.82 Å². The van der Waals surface area contributed by atoms with Crippen LogP contribution < -0.4 is 11.1 Å². The lowest BCUT2D eigenvalue weighted by Crippen LogP contribution is -2.12. The molecule has 0 aliphatic rings. The number of pyridine rings is 1. The molecule has 2 aromatic rings. The highest BCUT2D eigenvalue weighted by Crippen LogP contribution is 2.07. The molecule has 0 aromatic carbocycles. The first-order chi connectivity index (χ1) is 9.16. The van der Waals surface area contributed by atoms with Gasteiger partial charge in [-0.1, -0.05) is 0 Å². The highest BCUT2D eigenvalue weighted by molar-refractivity contribution is 5.92. The molecule has 6 nitrogen and oxygen atoms in total. The van der Waals surface area contributed by atoms with Crippen LogP contribution in [-0.2, 0) is 6.42 Å². The van der Waals surface area contributed by atoms with Gasteiger partial charge in [-0.15, -0.1) is 0 Å². The second-order valence-corrected chi connectivity index (χ2v) is 4.35. The van der Waals surface area contributed by atoms with Crippen LogP contribution in [0.5, 0.6) is 0 Å². The maximum atomic E-state index is 10.9. The number of nitrogens with zero attached hydrogens (tertiary/aromatic N) is 2.